The van der Waals surface area contributed by atoms with Crippen LogP contribution in [0.3, 0.4) is 0 Å². The molecule has 8 nitrogen and oxygen atoms in total. The van der Waals surface area contributed by atoms with E-state index in [1.165, 1.54) is 12.1 Å². The average molecular weight is 431 g/mol. The van der Waals surface area contributed by atoms with Gasteiger partial charge in [0.15, 0.2) is 5.13 Å². The molecule has 0 spiro atoms. The number of nitrogens with one attached hydrogen (secondary N) is 1. The minimum atomic E-state index is -3.90. The van der Waals surface area contributed by atoms with E-state index in [0.717, 1.165) is 46.4 Å². The fourth-order valence-corrected chi connectivity index (χ4v) is 5.43. The highest BCUT2D eigenvalue weighted by molar-refractivity contribution is 7.93. The lowest BCUT2D eigenvalue weighted by atomic mass is 9.99. The smallest absolute Gasteiger partial charge is 0.269 e. The summed E-state index contributed by atoms with van der Waals surface area (Å²) >= 11 is 0.818. The van der Waals surface area contributed by atoms with Crippen LogP contribution in [-0.2, 0) is 9.84 Å². The second-order valence-corrected chi connectivity index (χ2v) is 9.67. The van der Waals surface area contributed by atoms with Crippen LogP contribution < -0.4 is 5.32 Å². The Hall–Kier alpha value is -3.11. The Bertz CT molecular complexity index is 1190. The Morgan fingerprint density at radius 2 is 1.69 bits per heavy atom. The molecule has 0 unspecified atom stereocenters. The summed E-state index contributed by atoms with van der Waals surface area (Å²) in [4.78, 5) is 26.7. The third-order valence-electron chi connectivity index (χ3n) is 4.23. The number of anilines is 1. The topological polar surface area (TPSA) is 119 Å². The van der Waals surface area contributed by atoms with Gasteiger partial charge in [0.25, 0.3) is 11.6 Å². The van der Waals surface area contributed by atoms with Crippen LogP contribution >= 0.6 is 11.3 Å². The lowest BCUT2D eigenvalue weighted by Crippen LogP contribution is -2.15. The number of nitro benzene ring substituents is 1. The Morgan fingerprint density at radius 1 is 1.10 bits per heavy atom. The van der Waals surface area contributed by atoms with Crippen LogP contribution in [0.4, 0.5) is 10.8 Å². The standard InChI is InChI=1S/C19H17N3O5S2/c1-11-8-12(2)17(13(3)9-11)18(23)21-19-20-10-16(28-19)29(26,27)15-6-4-14(5-7-15)22(24)25/h4-10H,1-3H3,(H,20,21,23). The largest absolute Gasteiger partial charge is 0.298 e. The van der Waals surface area contributed by atoms with Crippen molar-refractivity contribution >= 4 is 37.9 Å². The highest BCUT2D eigenvalue weighted by Gasteiger charge is 2.23. The number of nitro groups is 1. The van der Waals surface area contributed by atoms with Crippen LogP contribution in [0.15, 0.2) is 51.7 Å². The van der Waals surface area contributed by atoms with Crippen LogP contribution in [0, 0.1) is 30.9 Å². The summed E-state index contributed by atoms with van der Waals surface area (Å²) in [7, 11) is -3.90. The number of rotatable bonds is 5. The van der Waals surface area contributed by atoms with Crippen molar-refractivity contribution in [2.75, 3.05) is 5.32 Å². The molecule has 0 aliphatic rings. The van der Waals surface area contributed by atoms with Crippen LogP contribution in [0.2, 0.25) is 0 Å². The predicted octanol–water partition coefficient (Wildman–Crippen LogP) is 4.06. The van der Waals surface area contributed by atoms with E-state index < -0.39 is 14.8 Å². The van der Waals surface area contributed by atoms with Crippen LogP contribution in [-0.4, -0.2) is 24.2 Å². The number of hydrogen-bond donors (Lipinski definition) is 1. The second kappa shape index (κ2) is 7.72. The zero-order valence-electron chi connectivity index (χ0n) is 15.8. The van der Waals surface area contributed by atoms with Crippen molar-refractivity contribution in [1.29, 1.82) is 0 Å². The molecule has 3 rings (SSSR count). The van der Waals surface area contributed by atoms with Crippen molar-refractivity contribution in [1.82, 2.24) is 4.98 Å². The molecule has 1 amide bonds. The molecule has 0 saturated heterocycles. The van der Waals surface area contributed by atoms with E-state index in [0.29, 0.717) is 5.56 Å². The quantitative estimate of drug-likeness (QED) is 0.480. The molecule has 0 radical (unpaired) electrons. The van der Waals surface area contributed by atoms with Crippen LogP contribution in [0.1, 0.15) is 27.0 Å². The molecule has 0 saturated carbocycles. The zero-order valence-corrected chi connectivity index (χ0v) is 17.4. The van der Waals surface area contributed by atoms with Gasteiger partial charge in [-0.3, -0.25) is 20.2 Å². The first-order chi connectivity index (χ1) is 13.6. The summed E-state index contributed by atoms with van der Waals surface area (Å²) in [5, 5.41) is 13.5. The van der Waals surface area contributed by atoms with E-state index in [2.05, 4.69) is 10.3 Å². The third-order valence-corrected chi connectivity index (χ3v) is 7.38. The molecule has 0 aliphatic heterocycles. The Labute approximate surface area is 171 Å². The monoisotopic (exact) mass is 431 g/mol. The third kappa shape index (κ3) is 4.17. The zero-order chi connectivity index (χ0) is 21.3. The first kappa shape index (κ1) is 20.6. The molecular formula is C19H17N3O5S2. The number of benzene rings is 2. The van der Waals surface area contributed by atoms with Gasteiger partial charge in [-0.15, -0.1) is 0 Å². The minimum absolute atomic E-state index is 0.0704. The van der Waals surface area contributed by atoms with Gasteiger partial charge in [0, 0.05) is 17.7 Å². The summed E-state index contributed by atoms with van der Waals surface area (Å²) in [6, 6.07) is 8.39. The number of aromatic nitrogens is 1. The maximum atomic E-state index is 12.7. The number of nitrogens with zero attached hydrogens (tertiary/aromatic N) is 2. The molecule has 0 aliphatic carbocycles. The summed E-state index contributed by atoms with van der Waals surface area (Å²) in [6.45, 7) is 5.61. The number of hydrogen-bond acceptors (Lipinski definition) is 7. The van der Waals surface area contributed by atoms with E-state index in [4.69, 9.17) is 0 Å². The number of carbonyl (C=O) groups is 1. The van der Waals surface area contributed by atoms with E-state index in [1.54, 1.807) is 0 Å². The molecule has 29 heavy (non-hydrogen) atoms. The lowest BCUT2D eigenvalue weighted by Gasteiger charge is -2.10. The molecule has 150 valence electrons. The number of sulfone groups is 1. The van der Waals surface area contributed by atoms with Gasteiger partial charge in [-0.1, -0.05) is 29.0 Å². The van der Waals surface area contributed by atoms with E-state index in [1.807, 2.05) is 32.9 Å². The second-order valence-electron chi connectivity index (χ2n) is 6.47. The van der Waals surface area contributed by atoms with E-state index >= 15 is 0 Å². The van der Waals surface area contributed by atoms with Gasteiger partial charge in [0.05, 0.1) is 16.0 Å². The summed E-state index contributed by atoms with van der Waals surface area (Å²) < 4.78 is 25.4. The number of carbonyl (C=O) groups excluding carboxylic acids is 1. The number of non-ortho nitro benzene ring substituents is 1. The number of thiazole rings is 1. The van der Waals surface area contributed by atoms with Crippen molar-refractivity contribution in [3.05, 3.63) is 75.0 Å². The molecule has 0 atom stereocenters. The Balaban J connectivity index is 1.85. The van der Waals surface area contributed by atoms with Gasteiger partial charge in [0.2, 0.25) is 9.84 Å². The predicted molar refractivity (Wildman–Crippen MR) is 109 cm³/mol. The van der Waals surface area contributed by atoms with Crippen molar-refractivity contribution in [2.45, 2.75) is 29.9 Å². The molecule has 3 aromatic rings. The van der Waals surface area contributed by atoms with Crippen molar-refractivity contribution in [3.8, 4) is 0 Å². The summed E-state index contributed by atoms with van der Waals surface area (Å²) in [6.07, 6.45) is 1.16. The van der Waals surface area contributed by atoms with Crippen molar-refractivity contribution < 1.29 is 18.1 Å². The van der Waals surface area contributed by atoms with Gasteiger partial charge in [-0.05, 0) is 44.0 Å². The normalized spacial score (nSPS) is 11.3. The minimum Gasteiger partial charge on any atom is -0.298 e. The van der Waals surface area contributed by atoms with Gasteiger partial charge in [0.1, 0.15) is 4.21 Å². The van der Waals surface area contributed by atoms with Crippen molar-refractivity contribution in [3.63, 3.8) is 0 Å². The van der Waals surface area contributed by atoms with Gasteiger partial charge in [-0.25, -0.2) is 13.4 Å². The molecule has 0 fully saturated rings. The first-order valence-corrected chi connectivity index (χ1v) is 10.7. The SMILES string of the molecule is Cc1cc(C)c(C(=O)Nc2ncc(S(=O)(=O)c3ccc([N+](=O)[O-])cc3)s2)c(C)c1. The van der Waals surface area contributed by atoms with Crippen molar-refractivity contribution in [2.24, 2.45) is 0 Å². The molecule has 1 N–H and O–H groups in total. The van der Waals surface area contributed by atoms with E-state index in [-0.39, 0.29) is 25.8 Å². The number of aryl methyl sites for hydroxylation is 3. The molecule has 0 bridgehead atoms. The summed E-state index contributed by atoms with van der Waals surface area (Å²) in [5.41, 5.74) is 2.99. The fourth-order valence-electron chi connectivity index (χ4n) is 3.00. The Morgan fingerprint density at radius 3 is 2.24 bits per heavy atom. The lowest BCUT2D eigenvalue weighted by molar-refractivity contribution is -0.384. The molecule has 1 aromatic heterocycles. The highest BCUT2D eigenvalue weighted by atomic mass is 32.2. The fraction of sp³-hybridized carbons (Fsp3) is 0.158. The molecular weight excluding hydrogens is 414 g/mol. The van der Waals surface area contributed by atoms with E-state index in [9.17, 15) is 23.3 Å². The van der Waals surface area contributed by atoms with Crippen LogP contribution in [0.5, 0.6) is 0 Å². The van der Waals surface area contributed by atoms with Gasteiger partial charge >= 0.3 is 0 Å². The average Bonchev–Trinajstić information content (AvgIpc) is 3.10. The maximum Gasteiger partial charge on any atom is 0.269 e. The molecule has 1 heterocycles. The maximum absolute atomic E-state index is 12.7. The summed E-state index contributed by atoms with van der Waals surface area (Å²) in [5.74, 6) is -0.367. The van der Waals surface area contributed by atoms with Gasteiger partial charge < -0.3 is 0 Å². The number of amides is 1. The molecule has 2 aromatic carbocycles. The highest BCUT2D eigenvalue weighted by Crippen LogP contribution is 2.30. The van der Waals surface area contributed by atoms with Crippen LogP contribution in [0.25, 0.3) is 0 Å². The first-order valence-electron chi connectivity index (χ1n) is 8.44. The van der Waals surface area contributed by atoms with Gasteiger partial charge in [-0.2, -0.15) is 0 Å². The molecule has 10 heteroatoms. The Kier molecular flexibility index (Phi) is 5.49.